The summed E-state index contributed by atoms with van der Waals surface area (Å²) in [4.78, 5) is 1.95. The number of phenolic OH excluding ortho intramolecular Hbond substituents is 2. The predicted molar refractivity (Wildman–Crippen MR) is 151 cm³/mol. The molecule has 0 bridgehead atoms. The van der Waals surface area contributed by atoms with Crippen LogP contribution in [-0.4, -0.2) is 54.2 Å². The van der Waals surface area contributed by atoms with Gasteiger partial charge in [0.25, 0.3) is 20.2 Å². The average molecular weight is 576 g/mol. The van der Waals surface area contributed by atoms with Gasteiger partial charge in [-0.3, -0.25) is 9.11 Å². The maximum Gasteiger partial charge on any atom is 0.269 e. The number of anilines is 1. The van der Waals surface area contributed by atoms with Crippen molar-refractivity contribution in [1.29, 1.82) is 0 Å². The molecular formula is C28H33NO8S2. The molecule has 0 aromatic heterocycles. The third-order valence-corrected chi connectivity index (χ3v) is 8.96. The van der Waals surface area contributed by atoms with E-state index in [2.05, 4.69) is 0 Å². The zero-order valence-corrected chi connectivity index (χ0v) is 23.8. The third-order valence-electron chi connectivity index (χ3n) is 7.50. The molecule has 2 aromatic carbocycles. The maximum absolute atomic E-state index is 11.9. The highest BCUT2D eigenvalue weighted by atomic mass is 32.2. The van der Waals surface area contributed by atoms with Crippen LogP contribution < -0.4 is 4.90 Å². The summed E-state index contributed by atoms with van der Waals surface area (Å²) in [6, 6.07) is 9.71. The minimum Gasteiger partial charge on any atom is -0.508 e. The van der Waals surface area contributed by atoms with E-state index < -0.39 is 42.6 Å². The Balaban J connectivity index is 1.79. The lowest BCUT2D eigenvalue weighted by Crippen LogP contribution is -2.28. The number of hydrogen-bond donors (Lipinski definition) is 4. The Morgan fingerprint density at radius 3 is 2.08 bits per heavy atom. The summed E-state index contributed by atoms with van der Waals surface area (Å²) in [5.74, 6) is -0.825. The Hall–Kier alpha value is -3.12. The quantitative estimate of drug-likeness (QED) is 0.332. The van der Waals surface area contributed by atoms with E-state index in [0.717, 1.165) is 22.5 Å². The van der Waals surface area contributed by atoms with Crippen molar-refractivity contribution >= 4 is 31.5 Å². The van der Waals surface area contributed by atoms with Gasteiger partial charge in [-0.15, -0.1) is 0 Å². The number of nitrogens with zero attached hydrogens (tertiary/aromatic N) is 1. The molecule has 0 spiro atoms. The highest BCUT2D eigenvalue weighted by Crippen LogP contribution is 2.50. The van der Waals surface area contributed by atoms with Crippen molar-refractivity contribution in [3.8, 4) is 11.5 Å². The van der Waals surface area contributed by atoms with Gasteiger partial charge < -0.3 is 15.1 Å². The second kappa shape index (κ2) is 9.81. The van der Waals surface area contributed by atoms with Crippen LogP contribution in [0.5, 0.6) is 11.5 Å². The molecule has 2 aromatic rings. The summed E-state index contributed by atoms with van der Waals surface area (Å²) < 4.78 is 65.3. The van der Waals surface area contributed by atoms with Crippen LogP contribution in [0.15, 0.2) is 65.9 Å². The highest BCUT2D eigenvalue weighted by molar-refractivity contribution is 7.86. The molecule has 0 atom stereocenters. The summed E-state index contributed by atoms with van der Waals surface area (Å²) in [5, 5.41) is 20.2. The topological polar surface area (TPSA) is 152 Å². The molecule has 11 heteroatoms. The minimum atomic E-state index is -4.35. The Morgan fingerprint density at radius 2 is 1.46 bits per heavy atom. The number of phenols is 2. The van der Waals surface area contributed by atoms with Crippen LogP contribution in [0.4, 0.5) is 5.69 Å². The van der Waals surface area contributed by atoms with Crippen LogP contribution in [-0.2, 0) is 31.1 Å². The lowest BCUT2D eigenvalue weighted by molar-refractivity contribution is 0.472. The minimum absolute atomic E-state index is 0.0506. The summed E-state index contributed by atoms with van der Waals surface area (Å²) >= 11 is 0. The summed E-state index contributed by atoms with van der Waals surface area (Å²) in [5.41, 5.74) is 3.73. The Morgan fingerprint density at radius 1 is 0.846 bits per heavy atom. The van der Waals surface area contributed by atoms with E-state index in [0.29, 0.717) is 23.3 Å². The molecule has 4 N–H and O–H groups in total. The zero-order chi connectivity index (χ0) is 29.0. The van der Waals surface area contributed by atoms with Crippen LogP contribution >= 0.6 is 0 Å². The first-order valence-corrected chi connectivity index (χ1v) is 15.6. The van der Waals surface area contributed by atoms with Crippen molar-refractivity contribution in [3.05, 3.63) is 82.6 Å². The smallest absolute Gasteiger partial charge is 0.269 e. The van der Waals surface area contributed by atoms with E-state index in [1.807, 2.05) is 38.7 Å². The third kappa shape index (κ3) is 5.76. The van der Waals surface area contributed by atoms with Crippen molar-refractivity contribution in [2.75, 3.05) is 23.0 Å². The number of fused-ring (bicyclic) bond motifs is 2. The lowest BCUT2D eigenvalue weighted by Gasteiger charge is -2.27. The van der Waals surface area contributed by atoms with E-state index in [1.54, 1.807) is 42.5 Å². The van der Waals surface area contributed by atoms with Crippen molar-refractivity contribution in [2.24, 2.45) is 0 Å². The molecule has 0 saturated carbocycles. The van der Waals surface area contributed by atoms with Gasteiger partial charge >= 0.3 is 0 Å². The molecule has 1 aliphatic carbocycles. The first-order valence-electron chi connectivity index (χ1n) is 12.4. The van der Waals surface area contributed by atoms with Crippen LogP contribution in [0.2, 0.25) is 0 Å². The number of aromatic hydroxyl groups is 2. The molecule has 0 radical (unpaired) electrons. The lowest BCUT2D eigenvalue weighted by atomic mass is 9.80. The van der Waals surface area contributed by atoms with Gasteiger partial charge in [0.1, 0.15) is 17.3 Å². The van der Waals surface area contributed by atoms with Crippen molar-refractivity contribution in [2.45, 2.75) is 44.9 Å². The normalized spacial score (nSPS) is 19.2. The molecular weight excluding hydrogens is 542 g/mol. The Bertz CT molecular complexity index is 1630. The van der Waals surface area contributed by atoms with Crippen molar-refractivity contribution in [1.82, 2.24) is 0 Å². The van der Waals surface area contributed by atoms with E-state index in [1.165, 1.54) is 6.07 Å². The largest absolute Gasteiger partial charge is 0.508 e. The Labute approximate surface area is 229 Å². The van der Waals surface area contributed by atoms with E-state index in [-0.39, 0.29) is 17.9 Å². The van der Waals surface area contributed by atoms with Crippen LogP contribution in [0, 0.1) is 0 Å². The highest BCUT2D eigenvalue weighted by Gasteiger charge is 2.41. The fraction of sp³-hybridized carbons (Fsp3) is 0.357. The van der Waals surface area contributed by atoms with Gasteiger partial charge in [0.2, 0.25) is 0 Å². The molecule has 0 saturated heterocycles. The second-order valence-electron chi connectivity index (χ2n) is 11.0. The predicted octanol–water partition coefficient (Wildman–Crippen LogP) is 4.55. The first kappa shape index (κ1) is 28.9. The molecule has 1 aliphatic heterocycles. The summed E-state index contributed by atoms with van der Waals surface area (Å²) in [7, 11) is -8.48. The molecule has 0 unspecified atom stereocenters. The first-order chi connectivity index (χ1) is 17.9. The Kier molecular flexibility index (Phi) is 7.26. The van der Waals surface area contributed by atoms with Crippen molar-refractivity contribution in [3.63, 3.8) is 0 Å². The number of benzene rings is 2. The molecule has 0 fully saturated rings. The molecule has 210 valence electrons. The van der Waals surface area contributed by atoms with E-state index in [9.17, 15) is 36.2 Å². The summed E-state index contributed by atoms with van der Waals surface area (Å²) in [6.45, 7) is 8.08. The number of rotatable bonds is 8. The van der Waals surface area contributed by atoms with Gasteiger partial charge in [-0.05, 0) is 70.7 Å². The van der Waals surface area contributed by atoms with Crippen LogP contribution in [0.25, 0.3) is 5.57 Å². The van der Waals surface area contributed by atoms with Crippen LogP contribution in [0.3, 0.4) is 0 Å². The fourth-order valence-corrected chi connectivity index (χ4v) is 6.84. The SMILES string of the molecule is CC1(C)C(/C=C/C=C2/N(CCCS(=O)(=O)O)c3ccc(O)cc3C2(C)C)=C(CS(=O)(=O)O)c2ccc(O)cc21. The molecule has 4 rings (SSSR count). The molecule has 1 heterocycles. The second-order valence-corrected chi connectivity index (χ2v) is 14.0. The molecule has 0 amide bonds. The molecule has 2 aliphatic rings. The fourth-order valence-electron chi connectivity index (χ4n) is 5.67. The number of hydrogen-bond acceptors (Lipinski definition) is 7. The van der Waals surface area contributed by atoms with Crippen molar-refractivity contribution < 1.29 is 36.2 Å². The van der Waals surface area contributed by atoms with Gasteiger partial charge in [0, 0.05) is 28.8 Å². The maximum atomic E-state index is 11.9. The van der Waals surface area contributed by atoms with E-state index >= 15 is 0 Å². The average Bonchev–Trinajstić information content (AvgIpc) is 3.11. The van der Waals surface area contributed by atoms with Gasteiger partial charge in [0.05, 0.1) is 5.75 Å². The molecule has 39 heavy (non-hydrogen) atoms. The van der Waals surface area contributed by atoms with Gasteiger partial charge in [-0.1, -0.05) is 45.9 Å². The summed E-state index contributed by atoms with van der Waals surface area (Å²) in [6.07, 6.45) is 5.60. The van der Waals surface area contributed by atoms with Crippen LogP contribution in [0.1, 0.15) is 50.8 Å². The standard InChI is InChI=1S/C28H33NO8S2/c1-27(2)22(21(17-39(35,36)37)20-11-9-18(30)15-23(20)27)7-5-8-26-28(3,4)24-16-19(31)10-12-25(24)29(26)13-6-14-38(32,33)34/h5,7-12,15-16,30-31H,6,13-14,17H2,1-4H3,(H,32,33,34)(H,35,36,37)/b7-5+,26-8+. The molecule has 9 nitrogen and oxygen atoms in total. The monoisotopic (exact) mass is 575 g/mol. The van der Waals surface area contributed by atoms with Gasteiger partial charge in [-0.25, -0.2) is 0 Å². The van der Waals surface area contributed by atoms with E-state index in [4.69, 9.17) is 0 Å². The van der Waals surface area contributed by atoms with Gasteiger partial charge in [-0.2, -0.15) is 16.8 Å². The number of allylic oxidation sites excluding steroid dienone is 5. The van der Waals surface area contributed by atoms with Gasteiger partial charge in [0.15, 0.2) is 0 Å². The zero-order valence-electron chi connectivity index (χ0n) is 22.2.